The lowest BCUT2D eigenvalue weighted by molar-refractivity contribution is -0.114. The number of hydrogen-bond donors (Lipinski definition) is 1. The molecular weight excluding hydrogens is 198 g/mol. The Kier molecular flexibility index (Phi) is 3.71. The summed E-state index contributed by atoms with van der Waals surface area (Å²) >= 11 is 1.15. The molecule has 0 heterocycles. The van der Waals surface area contributed by atoms with Crippen LogP contribution in [0.1, 0.15) is 13.8 Å². The molecule has 0 radical (unpaired) electrons. The van der Waals surface area contributed by atoms with Crippen LogP contribution in [-0.2, 0) is 9.59 Å². The molecule has 1 amide bonds. The first kappa shape index (κ1) is 10.8. The summed E-state index contributed by atoms with van der Waals surface area (Å²) in [6.45, 7) is 2.96. The molecule has 1 aromatic rings. The van der Waals surface area contributed by atoms with E-state index >= 15 is 0 Å². The Bertz CT molecular complexity index is 332. The highest BCUT2D eigenvalue weighted by Gasteiger charge is 2.00. The molecule has 0 saturated heterocycles. The van der Waals surface area contributed by atoms with E-state index in [1.807, 2.05) is 6.07 Å². The van der Waals surface area contributed by atoms with Crippen molar-refractivity contribution in [1.29, 1.82) is 0 Å². The van der Waals surface area contributed by atoms with Crippen LogP contribution in [-0.4, -0.2) is 11.0 Å². The maximum Gasteiger partial charge on any atom is 0.221 e. The topological polar surface area (TPSA) is 46.2 Å². The molecule has 0 atom stereocenters. The van der Waals surface area contributed by atoms with Gasteiger partial charge in [-0.2, -0.15) is 0 Å². The average molecular weight is 209 g/mol. The van der Waals surface area contributed by atoms with Gasteiger partial charge in [0, 0.05) is 24.4 Å². The van der Waals surface area contributed by atoms with Crippen molar-refractivity contribution in [3.05, 3.63) is 24.3 Å². The van der Waals surface area contributed by atoms with Gasteiger partial charge in [0.1, 0.15) is 0 Å². The minimum absolute atomic E-state index is 0.0324. The Labute approximate surface area is 86.9 Å². The molecule has 1 N–H and O–H groups in total. The standard InChI is InChI=1S/C10H11NO2S/c1-7(12)11-9-4-3-5-10(6-9)14-8(2)13/h3-6H,1-2H3,(H,11,12). The molecule has 0 unspecified atom stereocenters. The summed E-state index contributed by atoms with van der Waals surface area (Å²) in [4.78, 5) is 22.4. The minimum atomic E-state index is -0.116. The average Bonchev–Trinajstić information content (AvgIpc) is 2.01. The molecule has 0 aliphatic rings. The summed E-state index contributed by atoms with van der Waals surface area (Å²) in [5.41, 5.74) is 0.712. The van der Waals surface area contributed by atoms with Crippen LogP contribution < -0.4 is 5.32 Å². The van der Waals surface area contributed by atoms with Crippen LogP contribution in [0.5, 0.6) is 0 Å². The van der Waals surface area contributed by atoms with Gasteiger partial charge in [0.25, 0.3) is 0 Å². The molecular formula is C10H11NO2S. The zero-order valence-electron chi connectivity index (χ0n) is 8.03. The van der Waals surface area contributed by atoms with Gasteiger partial charge in [-0.05, 0) is 18.2 Å². The van der Waals surface area contributed by atoms with E-state index in [0.717, 1.165) is 16.7 Å². The minimum Gasteiger partial charge on any atom is -0.326 e. The summed E-state index contributed by atoms with van der Waals surface area (Å²) in [5.74, 6) is -0.116. The van der Waals surface area contributed by atoms with Crippen LogP contribution in [0.4, 0.5) is 5.69 Å². The van der Waals surface area contributed by atoms with E-state index in [-0.39, 0.29) is 11.0 Å². The Balaban J connectivity index is 2.78. The number of carbonyl (C=O) groups excluding carboxylic acids is 2. The number of nitrogens with one attached hydrogen (secondary N) is 1. The van der Waals surface area contributed by atoms with E-state index in [1.54, 1.807) is 18.2 Å². The molecule has 1 aromatic carbocycles. The van der Waals surface area contributed by atoms with Crippen molar-refractivity contribution in [3.8, 4) is 0 Å². The molecule has 74 valence electrons. The first-order valence-corrected chi connectivity index (χ1v) is 4.95. The van der Waals surface area contributed by atoms with Gasteiger partial charge in [0.2, 0.25) is 5.91 Å². The first-order valence-electron chi connectivity index (χ1n) is 4.14. The van der Waals surface area contributed by atoms with Crippen LogP contribution in [0.25, 0.3) is 0 Å². The van der Waals surface area contributed by atoms with Gasteiger partial charge in [-0.25, -0.2) is 0 Å². The summed E-state index contributed by atoms with van der Waals surface area (Å²) in [6.07, 6.45) is 0. The second-order valence-electron chi connectivity index (χ2n) is 2.80. The van der Waals surface area contributed by atoms with Gasteiger partial charge in [-0.15, -0.1) is 0 Å². The Hall–Kier alpha value is -1.29. The van der Waals surface area contributed by atoms with Crippen LogP contribution in [0.15, 0.2) is 29.2 Å². The molecule has 0 bridgehead atoms. The number of thioether (sulfide) groups is 1. The maximum atomic E-state index is 10.8. The van der Waals surface area contributed by atoms with Gasteiger partial charge < -0.3 is 5.32 Å². The molecule has 4 heteroatoms. The van der Waals surface area contributed by atoms with Crippen molar-refractivity contribution in [2.75, 3.05) is 5.32 Å². The summed E-state index contributed by atoms with van der Waals surface area (Å²) < 4.78 is 0. The van der Waals surface area contributed by atoms with Crippen molar-refractivity contribution < 1.29 is 9.59 Å². The molecule has 14 heavy (non-hydrogen) atoms. The fourth-order valence-corrected chi connectivity index (χ4v) is 1.67. The summed E-state index contributed by atoms with van der Waals surface area (Å²) in [7, 11) is 0. The van der Waals surface area contributed by atoms with E-state index in [1.165, 1.54) is 13.8 Å². The third kappa shape index (κ3) is 3.62. The first-order chi connectivity index (χ1) is 6.58. The summed E-state index contributed by atoms with van der Waals surface area (Å²) in [5, 5.41) is 2.69. The molecule has 3 nitrogen and oxygen atoms in total. The van der Waals surface area contributed by atoms with E-state index < -0.39 is 0 Å². The highest BCUT2D eigenvalue weighted by molar-refractivity contribution is 8.13. The molecule has 0 aliphatic heterocycles. The number of amides is 1. The molecule has 0 aromatic heterocycles. The van der Waals surface area contributed by atoms with E-state index in [0.29, 0.717) is 5.69 Å². The number of carbonyl (C=O) groups is 2. The predicted molar refractivity (Wildman–Crippen MR) is 57.3 cm³/mol. The van der Waals surface area contributed by atoms with Gasteiger partial charge in [-0.3, -0.25) is 9.59 Å². The molecule has 1 rings (SSSR count). The largest absolute Gasteiger partial charge is 0.326 e. The zero-order valence-corrected chi connectivity index (χ0v) is 8.85. The van der Waals surface area contributed by atoms with Gasteiger partial charge in [0.15, 0.2) is 5.12 Å². The molecule has 0 aliphatic carbocycles. The highest BCUT2D eigenvalue weighted by atomic mass is 32.2. The van der Waals surface area contributed by atoms with Gasteiger partial charge in [0.05, 0.1) is 0 Å². The molecule has 0 spiro atoms. The highest BCUT2D eigenvalue weighted by Crippen LogP contribution is 2.21. The Morgan fingerprint density at radius 3 is 2.57 bits per heavy atom. The Morgan fingerprint density at radius 1 is 1.29 bits per heavy atom. The van der Waals surface area contributed by atoms with Crippen LogP contribution in [0, 0.1) is 0 Å². The van der Waals surface area contributed by atoms with Crippen LogP contribution in [0.2, 0.25) is 0 Å². The fourth-order valence-electron chi connectivity index (χ4n) is 1.01. The fraction of sp³-hybridized carbons (Fsp3) is 0.200. The SMILES string of the molecule is CC(=O)Nc1cccc(SC(C)=O)c1. The van der Waals surface area contributed by atoms with E-state index in [4.69, 9.17) is 0 Å². The summed E-state index contributed by atoms with van der Waals surface area (Å²) in [6, 6.07) is 7.19. The maximum absolute atomic E-state index is 10.8. The lowest BCUT2D eigenvalue weighted by Crippen LogP contribution is -2.05. The second-order valence-corrected chi connectivity index (χ2v) is 4.05. The van der Waals surface area contributed by atoms with Crippen molar-refractivity contribution >= 4 is 28.5 Å². The third-order valence-corrected chi connectivity index (χ3v) is 2.19. The molecule has 0 saturated carbocycles. The van der Waals surface area contributed by atoms with Crippen molar-refractivity contribution in [1.82, 2.24) is 0 Å². The van der Waals surface area contributed by atoms with Gasteiger partial charge in [-0.1, -0.05) is 17.8 Å². The lowest BCUT2D eigenvalue weighted by atomic mass is 10.3. The van der Waals surface area contributed by atoms with Gasteiger partial charge >= 0.3 is 0 Å². The Morgan fingerprint density at radius 2 is 2.00 bits per heavy atom. The second kappa shape index (κ2) is 4.81. The number of hydrogen-bond acceptors (Lipinski definition) is 3. The van der Waals surface area contributed by atoms with E-state index in [9.17, 15) is 9.59 Å². The predicted octanol–water partition coefficient (Wildman–Crippen LogP) is 2.28. The quantitative estimate of drug-likeness (QED) is 0.760. The van der Waals surface area contributed by atoms with Crippen molar-refractivity contribution in [3.63, 3.8) is 0 Å². The van der Waals surface area contributed by atoms with Crippen molar-refractivity contribution in [2.24, 2.45) is 0 Å². The molecule has 0 fully saturated rings. The lowest BCUT2D eigenvalue weighted by Gasteiger charge is -2.03. The number of rotatable bonds is 2. The monoisotopic (exact) mass is 209 g/mol. The zero-order chi connectivity index (χ0) is 10.6. The number of anilines is 1. The van der Waals surface area contributed by atoms with E-state index in [2.05, 4.69) is 5.32 Å². The third-order valence-electron chi connectivity index (χ3n) is 1.42. The van der Waals surface area contributed by atoms with Crippen LogP contribution >= 0.6 is 11.8 Å². The smallest absolute Gasteiger partial charge is 0.221 e. The normalized spacial score (nSPS) is 9.57. The van der Waals surface area contributed by atoms with Crippen molar-refractivity contribution in [2.45, 2.75) is 18.7 Å². The van der Waals surface area contributed by atoms with Crippen LogP contribution in [0.3, 0.4) is 0 Å². The number of benzene rings is 1.